The lowest BCUT2D eigenvalue weighted by Crippen LogP contribution is -2.40. The summed E-state index contributed by atoms with van der Waals surface area (Å²) in [5, 5.41) is 6.56. The number of aromatic nitrogens is 2. The molecule has 0 spiro atoms. The Labute approximate surface area is 191 Å². The van der Waals surface area contributed by atoms with Crippen LogP contribution >= 0.6 is 0 Å². The van der Waals surface area contributed by atoms with Crippen LogP contribution in [-0.2, 0) is 10.0 Å². The number of amides is 1. The number of methoxy groups -OCH3 is 1. The average Bonchev–Trinajstić information content (AvgIpc) is 3.22. The number of halogens is 1. The standard InChI is InChI=1S/C22H25FN4O5S/c1-13(21-25-19(26-32-21)14-6-9-16(23)10-7-14)24-20(28)15-8-11-17(31-5)18(12-15)33(29,30)27-22(2,3)4/h6-13,27H,1-5H3,(H,24,28). The summed E-state index contributed by atoms with van der Waals surface area (Å²) in [6.07, 6.45) is 0. The Morgan fingerprint density at radius 1 is 1.15 bits per heavy atom. The van der Waals surface area contributed by atoms with Gasteiger partial charge in [0.15, 0.2) is 0 Å². The van der Waals surface area contributed by atoms with Gasteiger partial charge in [-0.05, 0) is 70.2 Å². The summed E-state index contributed by atoms with van der Waals surface area (Å²) in [4.78, 5) is 16.9. The van der Waals surface area contributed by atoms with Gasteiger partial charge in [0.05, 0.1) is 7.11 Å². The van der Waals surface area contributed by atoms with Crippen molar-refractivity contribution in [1.82, 2.24) is 20.2 Å². The number of benzene rings is 2. The molecule has 33 heavy (non-hydrogen) atoms. The largest absolute Gasteiger partial charge is 0.495 e. The lowest BCUT2D eigenvalue weighted by molar-refractivity contribution is 0.0932. The molecule has 9 nitrogen and oxygen atoms in total. The first-order valence-corrected chi connectivity index (χ1v) is 11.5. The normalized spacial score (nSPS) is 12.9. The van der Waals surface area contributed by atoms with Crippen LogP contribution in [0.15, 0.2) is 51.9 Å². The summed E-state index contributed by atoms with van der Waals surface area (Å²) in [7, 11) is -2.60. The monoisotopic (exact) mass is 476 g/mol. The van der Waals surface area contributed by atoms with E-state index in [4.69, 9.17) is 9.26 Å². The first-order chi connectivity index (χ1) is 15.4. The molecule has 0 saturated heterocycles. The van der Waals surface area contributed by atoms with Gasteiger partial charge in [-0.25, -0.2) is 17.5 Å². The summed E-state index contributed by atoms with van der Waals surface area (Å²) < 4.78 is 51.7. The molecule has 0 fully saturated rings. The lowest BCUT2D eigenvalue weighted by atomic mass is 10.1. The van der Waals surface area contributed by atoms with Crippen LogP contribution in [0.1, 0.15) is 50.0 Å². The van der Waals surface area contributed by atoms with E-state index in [0.717, 1.165) is 0 Å². The lowest BCUT2D eigenvalue weighted by Gasteiger charge is -2.21. The highest BCUT2D eigenvalue weighted by atomic mass is 32.2. The average molecular weight is 477 g/mol. The fourth-order valence-corrected chi connectivity index (χ4v) is 4.57. The van der Waals surface area contributed by atoms with E-state index in [1.165, 1.54) is 49.6 Å². The van der Waals surface area contributed by atoms with Crippen molar-refractivity contribution in [2.45, 2.75) is 44.2 Å². The molecule has 0 aliphatic heterocycles. The van der Waals surface area contributed by atoms with Crippen molar-refractivity contribution in [2.24, 2.45) is 0 Å². The van der Waals surface area contributed by atoms with Gasteiger partial charge in [0.25, 0.3) is 5.91 Å². The molecule has 0 radical (unpaired) electrons. The quantitative estimate of drug-likeness (QED) is 0.535. The van der Waals surface area contributed by atoms with Crippen LogP contribution in [0, 0.1) is 5.82 Å². The first-order valence-electron chi connectivity index (χ1n) is 10.0. The highest BCUT2D eigenvalue weighted by molar-refractivity contribution is 7.89. The van der Waals surface area contributed by atoms with Gasteiger partial charge in [0, 0.05) is 16.7 Å². The maximum Gasteiger partial charge on any atom is 0.251 e. The third-order valence-corrected chi connectivity index (χ3v) is 6.20. The molecule has 2 N–H and O–H groups in total. The van der Waals surface area contributed by atoms with Crippen LogP contribution in [0.2, 0.25) is 0 Å². The van der Waals surface area contributed by atoms with Crippen molar-refractivity contribution in [2.75, 3.05) is 7.11 Å². The van der Waals surface area contributed by atoms with Gasteiger partial charge in [-0.15, -0.1) is 0 Å². The molecule has 0 saturated carbocycles. The summed E-state index contributed by atoms with van der Waals surface area (Å²) in [5.41, 5.74) is -0.0620. The number of hydrogen-bond acceptors (Lipinski definition) is 7. The zero-order valence-electron chi connectivity index (χ0n) is 18.8. The Balaban J connectivity index is 1.81. The van der Waals surface area contributed by atoms with E-state index in [9.17, 15) is 17.6 Å². The third-order valence-electron chi connectivity index (χ3n) is 4.42. The molecule has 3 aromatic rings. The highest BCUT2D eigenvalue weighted by Gasteiger charge is 2.27. The minimum Gasteiger partial charge on any atom is -0.495 e. The van der Waals surface area contributed by atoms with Crippen molar-refractivity contribution >= 4 is 15.9 Å². The van der Waals surface area contributed by atoms with E-state index in [0.29, 0.717) is 5.56 Å². The number of rotatable bonds is 7. The molecule has 0 aliphatic rings. The number of sulfonamides is 1. The minimum atomic E-state index is -3.95. The second kappa shape index (κ2) is 9.28. The number of carbonyl (C=O) groups is 1. The second-order valence-electron chi connectivity index (χ2n) is 8.38. The predicted molar refractivity (Wildman–Crippen MR) is 119 cm³/mol. The maximum atomic E-state index is 13.1. The second-order valence-corrected chi connectivity index (χ2v) is 10.0. The van der Waals surface area contributed by atoms with E-state index >= 15 is 0 Å². The van der Waals surface area contributed by atoms with Crippen LogP contribution in [0.25, 0.3) is 11.4 Å². The summed E-state index contributed by atoms with van der Waals surface area (Å²) in [6.45, 7) is 6.77. The SMILES string of the molecule is COc1ccc(C(=O)NC(C)c2nc(-c3ccc(F)cc3)no2)cc1S(=O)(=O)NC(C)(C)C. The molecule has 1 atom stereocenters. The summed E-state index contributed by atoms with van der Waals surface area (Å²) in [5.74, 6) is -0.437. The molecule has 2 aromatic carbocycles. The zero-order valence-corrected chi connectivity index (χ0v) is 19.7. The Bertz CT molecular complexity index is 1250. The van der Waals surface area contributed by atoms with Gasteiger partial charge in [0.2, 0.25) is 21.7 Å². The number of nitrogens with zero attached hydrogens (tertiary/aromatic N) is 2. The predicted octanol–water partition coefficient (Wildman–Crippen LogP) is 3.45. The van der Waals surface area contributed by atoms with Crippen molar-refractivity contribution in [3.05, 3.63) is 59.7 Å². The minimum absolute atomic E-state index is 0.107. The smallest absolute Gasteiger partial charge is 0.251 e. The Morgan fingerprint density at radius 3 is 2.42 bits per heavy atom. The maximum absolute atomic E-state index is 13.1. The number of nitrogens with one attached hydrogen (secondary N) is 2. The zero-order chi connectivity index (χ0) is 24.4. The van der Waals surface area contributed by atoms with Gasteiger partial charge in [-0.2, -0.15) is 4.98 Å². The molecule has 0 aliphatic carbocycles. The molecular formula is C22H25FN4O5S. The molecule has 1 heterocycles. The van der Waals surface area contributed by atoms with E-state index in [1.807, 2.05) is 0 Å². The van der Waals surface area contributed by atoms with Gasteiger partial charge in [-0.3, -0.25) is 4.79 Å². The summed E-state index contributed by atoms with van der Waals surface area (Å²) >= 11 is 0. The molecule has 1 aromatic heterocycles. The number of carbonyl (C=O) groups excluding carboxylic acids is 1. The molecule has 0 bridgehead atoms. The van der Waals surface area contributed by atoms with Gasteiger partial charge < -0.3 is 14.6 Å². The highest BCUT2D eigenvalue weighted by Crippen LogP contribution is 2.26. The fraction of sp³-hybridized carbons (Fsp3) is 0.318. The van der Waals surface area contributed by atoms with Gasteiger partial charge >= 0.3 is 0 Å². The van der Waals surface area contributed by atoms with E-state index in [1.54, 1.807) is 27.7 Å². The molecule has 11 heteroatoms. The Kier molecular flexibility index (Phi) is 6.84. The van der Waals surface area contributed by atoms with Crippen LogP contribution in [0.5, 0.6) is 5.75 Å². The van der Waals surface area contributed by atoms with E-state index < -0.39 is 27.5 Å². The molecule has 176 valence electrons. The van der Waals surface area contributed by atoms with E-state index in [-0.39, 0.29) is 33.7 Å². The Hall–Kier alpha value is -3.31. The van der Waals surface area contributed by atoms with Crippen molar-refractivity contribution in [3.8, 4) is 17.1 Å². The molecule has 1 unspecified atom stereocenters. The first kappa shape index (κ1) is 24.3. The summed E-state index contributed by atoms with van der Waals surface area (Å²) in [6, 6.07) is 9.02. The van der Waals surface area contributed by atoms with Crippen LogP contribution in [-0.4, -0.2) is 37.1 Å². The van der Waals surface area contributed by atoms with Crippen LogP contribution < -0.4 is 14.8 Å². The molecule has 1 amide bonds. The molecule has 3 rings (SSSR count). The topological polar surface area (TPSA) is 123 Å². The fourth-order valence-electron chi connectivity index (χ4n) is 2.96. The van der Waals surface area contributed by atoms with E-state index in [2.05, 4.69) is 20.2 Å². The van der Waals surface area contributed by atoms with Crippen molar-refractivity contribution in [3.63, 3.8) is 0 Å². The van der Waals surface area contributed by atoms with Crippen LogP contribution in [0.4, 0.5) is 4.39 Å². The Morgan fingerprint density at radius 2 is 1.82 bits per heavy atom. The van der Waals surface area contributed by atoms with Crippen LogP contribution in [0.3, 0.4) is 0 Å². The van der Waals surface area contributed by atoms with Crippen molar-refractivity contribution in [1.29, 1.82) is 0 Å². The van der Waals surface area contributed by atoms with Gasteiger partial charge in [0.1, 0.15) is 22.5 Å². The number of ether oxygens (including phenoxy) is 1. The number of hydrogen-bond donors (Lipinski definition) is 2. The van der Waals surface area contributed by atoms with Gasteiger partial charge in [-0.1, -0.05) is 5.16 Å². The third kappa shape index (κ3) is 5.93. The van der Waals surface area contributed by atoms with Crippen molar-refractivity contribution < 1.29 is 26.9 Å². The molecular weight excluding hydrogens is 451 g/mol.